The van der Waals surface area contributed by atoms with Crippen LogP contribution < -0.4 is 10.1 Å². The summed E-state index contributed by atoms with van der Waals surface area (Å²) in [6.45, 7) is 2.02. The van der Waals surface area contributed by atoms with Crippen LogP contribution in [0, 0.1) is 0 Å². The van der Waals surface area contributed by atoms with Crippen molar-refractivity contribution in [1.29, 1.82) is 0 Å². The van der Waals surface area contributed by atoms with Gasteiger partial charge in [-0.15, -0.1) is 10.2 Å². The molecule has 1 aromatic heterocycles. The van der Waals surface area contributed by atoms with E-state index in [1.807, 2.05) is 19.2 Å². The number of nitrogens with one attached hydrogen (secondary N) is 1. The highest BCUT2D eigenvalue weighted by atomic mass is 35.5. The number of nitrogens with zero attached hydrogens (tertiary/aromatic N) is 3. The third-order valence-electron chi connectivity index (χ3n) is 3.86. The number of amides is 1. The van der Waals surface area contributed by atoms with Crippen molar-refractivity contribution in [2.24, 2.45) is 7.05 Å². The van der Waals surface area contributed by atoms with E-state index in [1.165, 1.54) is 11.8 Å². The number of hydrogen-bond donors (Lipinski definition) is 1. The lowest BCUT2D eigenvalue weighted by Gasteiger charge is -2.12. The maximum absolute atomic E-state index is 12.4. The summed E-state index contributed by atoms with van der Waals surface area (Å²) in [5, 5.41) is 12.5. The summed E-state index contributed by atoms with van der Waals surface area (Å²) < 4.78 is 7.50. The molecule has 0 aliphatic heterocycles. The monoisotopic (exact) mass is 436 g/mol. The Labute approximate surface area is 177 Å². The molecule has 0 radical (unpaired) electrons. The van der Waals surface area contributed by atoms with Crippen molar-refractivity contribution in [3.8, 4) is 5.75 Å². The van der Waals surface area contributed by atoms with Gasteiger partial charge >= 0.3 is 0 Å². The average molecular weight is 437 g/mol. The van der Waals surface area contributed by atoms with Crippen LogP contribution in [0.5, 0.6) is 5.75 Å². The number of thioether (sulfide) groups is 1. The molecule has 3 aromatic rings. The largest absolute Gasteiger partial charge is 0.484 e. The van der Waals surface area contributed by atoms with E-state index < -0.39 is 0 Å². The lowest BCUT2D eigenvalue weighted by molar-refractivity contribution is -0.115. The average Bonchev–Trinajstić information content (AvgIpc) is 3.01. The van der Waals surface area contributed by atoms with Gasteiger partial charge in [-0.1, -0.05) is 53.2 Å². The number of anilines is 1. The zero-order valence-corrected chi connectivity index (χ0v) is 17.6. The molecule has 0 saturated carbocycles. The van der Waals surface area contributed by atoms with Crippen molar-refractivity contribution in [3.05, 3.63) is 64.4 Å². The molecule has 0 unspecified atom stereocenters. The molecule has 0 bridgehead atoms. The van der Waals surface area contributed by atoms with Gasteiger partial charge in [0.2, 0.25) is 5.91 Å². The highest BCUT2D eigenvalue weighted by Gasteiger charge is 2.19. The van der Waals surface area contributed by atoms with Crippen molar-refractivity contribution >= 4 is 46.6 Å². The number of halogens is 2. The molecule has 1 N–H and O–H groups in total. The SMILES string of the molecule is C[C@@H](Sc1nnc(COc2ccccc2Cl)n1C)C(=O)Nc1cccc(Cl)c1. The van der Waals surface area contributed by atoms with Gasteiger partial charge in [-0.05, 0) is 37.3 Å². The first-order valence-electron chi connectivity index (χ1n) is 8.42. The van der Waals surface area contributed by atoms with Crippen molar-refractivity contribution < 1.29 is 9.53 Å². The second-order valence-electron chi connectivity index (χ2n) is 5.94. The summed E-state index contributed by atoms with van der Waals surface area (Å²) in [6.07, 6.45) is 0. The van der Waals surface area contributed by atoms with E-state index in [0.717, 1.165) is 0 Å². The smallest absolute Gasteiger partial charge is 0.237 e. The number of para-hydroxylation sites is 1. The van der Waals surface area contributed by atoms with Gasteiger partial charge in [0.15, 0.2) is 11.0 Å². The van der Waals surface area contributed by atoms with E-state index in [-0.39, 0.29) is 17.8 Å². The third kappa shape index (κ3) is 5.19. The van der Waals surface area contributed by atoms with Crippen LogP contribution in [0.2, 0.25) is 10.0 Å². The molecule has 0 fully saturated rings. The van der Waals surface area contributed by atoms with E-state index in [4.69, 9.17) is 27.9 Å². The molecule has 0 aliphatic carbocycles. The van der Waals surface area contributed by atoms with Crippen LogP contribution in [0.4, 0.5) is 5.69 Å². The maximum atomic E-state index is 12.4. The topological polar surface area (TPSA) is 69.0 Å². The first kappa shape index (κ1) is 20.5. The van der Waals surface area contributed by atoms with Crippen LogP contribution in [0.3, 0.4) is 0 Å². The van der Waals surface area contributed by atoms with Crippen LogP contribution in [-0.2, 0) is 18.4 Å². The first-order valence-corrected chi connectivity index (χ1v) is 10.1. The number of ether oxygens (including phenoxy) is 1. The number of hydrogen-bond acceptors (Lipinski definition) is 5. The second-order valence-corrected chi connectivity index (χ2v) is 8.09. The fourth-order valence-corrected chi connectivity index (χ4v) is 3.51. The molecular weight excluding hydrogens is 419 g/mol. The third-order valence-corrected chi connectivity index (χ3v) is 5.54. The van der Waals surface area contributed by atoms with E-state index in [0.29, 0.717) is 32.5 Å². The molecule has 1 atom stereocenters. The molecule has 28 heavy (non-hydrogen) atoms. The second kappa shape index (κ2) is 9.32. The molecule has 0 spiro atoms. The lowest BCUT2D eigenvalue weighted by Crippen LogP contribution is -2.22. The molecular formula is C19H18Cl2N4O2S. The van der Waals surface area contributed by atoms with E-state index in [1.54, 1.807) is 47.9 Å². The summed E-state index contributed by atoms with van der Waals surface area (Å²) in [7, 11) is 1.83. The number of aromatic nitrogens is 3. The van der Waals surface area contributed by atoms with Gasteiger partial charge in [-0.25, -0.2) is 0 Å². The Bertz CT molecular complexity index is 980. The summed E-state index contributed by atoms with van der Waals surface area (Å²) in [4.78, 5) is 12.4. The van der Waals surface area contributed by atoms with E-state index >= 15 is 0 Å². The van der Waals surface area contributed by atoms with Crippen LogP contribution in [0.15, 0.2) is 53.7 Å². The number of rotatable bonds is 7. The number of benzene rings is 2. The molecule has 1 heterocycles. The van der Waals surface area contributed by atoms with Crippen LogP contribution in [-0.4, -0.2) is 25.9 Å². The van der Waals surface area contributed by atoms with Crippen molar-refractivity contribution in [2.45, 2.75) is 23.9 Å². The molecule has 9 heteroatoms. The molecule has 6 nitrogen and oxygen atoms in total. The zero-order valence-electron chi connectivity index (χ0n) is 15.2. The molecule has 3 rings (SSSR count). The Morgan fingerprint density at radius 1 is 1.21 bits per heavy atom. The predicted molar refractivity (Wildman–Crippen MR) is 112 cm³/mol. The van der Waals surface area contributed by atoms with Crippen LogP contribution >= 0.6 is 35.0 Å². The normalized spacial score (nSPS) is 11.9. The number of carbonyl (C=O) groups excluding carboxylic acids is 1. The van der Waals surface area contributed by atoms with Gasteiger partial charge in [0, 0.05) is 17.8 Å². The fraction of sp³-hybridized carbons (Fsp3) is 0.211. The minimum atomic E-state index is -0.376. The fourth-order valence-electron chi connectivity index (χ4n) is 2.30. The van der Waals surface area contributed by atoms with Crippen molar-refractivity contribution in [2.75, 3.05) is 5.32 Å². The van der Waals surface area contributed by atoms with Gasteiger partial charge in [0.1, 0.15) is 12.4 Å². The predicted octanol–water partition coefficient (Wildman–Crippen LogP) is 4.82. The van der Waals surface area contributed by atoms with Crippen LogP contribution in [0.1, 0.15) is 12.7 Å². The molecule has 146 valence electrons. The van der Waals surface area contributed by atoms with Gasteiger partial charge in [0.25, 0.3) is 0 Å². The highest BCUT2D eigenvalue weighted by molar-refractivity contribution is 8.00. The van der Waals surface area contributed by atoms with Gasteiger partial charge in [-0.2, -0.15) is 0 Å². The van der Waals surface area contributed by atoms with Gasteiger partial charge in [-0.3, -0.25) is 4.79 Å². The quantitative estimate of drug-likeness (QED) is 0.537. The molecule has 2 aromatic carbocycles. The van der Waals surface area contributed by atoms with Crippen molar-refractivity contribution in [1.82, 2.24) is 14.8 Å². The minimum Gasteiger partial charge on any atom is -0.484 e. The van der Waals surface area contributed by atoms with Gasteiger partial charge < -0.3 is 14.6 Å². The summed E-state index contributed by atoms with van der Waals surface area (Å²) >= 11 is 13.3. The summed E-state index contributed by atoms with van der Waals surface area (Å²) in [5.74, 6) is 1.06. The summed E-state index contributed by atoms with van der Waals surface area (Å²) in [5.41, 5.74) is 0.650. The first-order chi connectivity index (χ1) is 13.4. The van der Waals surface area contributed by atoms with E-state index in [9.17, 15) is 4.79 Å². The zero-order chi connectivity index (χ0) is 20.1. The molecule has 0 aliphatic rings. The minimum absolute atomic E-state index is 0.149. The standard InChI is InChI=1S/C19H18Cl2N4O2S/c1-12(18(26)22-14-7-5-6-13(20)10-14)28-19-24-23-17(25(19)2)11-27-16-9-4-3-8-15(16)21/h3-10,12H,11H2,1-2H3,(H,22,26)/t12-/m1/s1. The molecule has 1 amide bonds. The van der Waals surface area contributed by atoms with Gasteiger partial charge in [0.05, 0.1) is 10.3 Å². The van der Waals surface area contributed by atoms with Crippen molar-refractivity contribution in [3.63, 3.8) is 0 Å². The van der Waals surface area contributed by atoms with E-state index in [2.05, 4.69) is 15.5 Å². The Balaban J connectivity index is 1.60. The summed E-state index contributed by atoms with van der Waals surface area (Å²) in [6, 6.07) is 14.2. The maximum Gasteiger partial charge on any atom is 0.237 e. The number of carbonyl (C=O) groups is 1. The highest BCUT2D eigenvalue weighted by Crippen LogP contribution is 2.26. The molecule has 0 saturated heterocycles. The lowest BCUT2D eigenvalue weighted by atomic mass is 10.3. The Morgan fingerprint density at radius 3 is 2.75 bits per heavy atom. The Hall–Kier alpha value is -2.22. The van der Waals surface area contributed by atoms with Crippen LogP contribution in [0.25, 0.3) is 0 Å². The Kier molecular flexibility index (Phi) is 6.83. The Morgan fingerprint density at radius 2 is 2.00 bits per heavy atom.